The summed E-state index contributed by atoms with van der Waals surface area (Å²) in [6.07, 6.45) is 0.922. The molecule has 2 aromatic rings. The average Bonchev–Trinajstić information content (AvgIpc) is 3.14. The van der Waals surface area contributed by atoms with E-state index in [0.29, 0.717) is 39.1 Å². The number of hydroxylamine groups is 1. The largest absolute Gasteiger partial charge is 0.497 e. The number of carbonyl (C=O) groups excluding carboxylic acids is 1. The Kier molecular flexibility index (Phi) is 8.96. The highest BCUT2D eigenvalue weighted by Crippen LogP contribution is 2.20. The van der Waals surface area contributed by atoms with Crippen LogP contribution >= 0.6 is 11.5 Å². The number of ether oxygens (including phenoxy) is 2. The lowest BCUT2D eigenvalue weighted by Gasteiger charge is -2.20. The molecule has 148 valence electrons. The van der Waals surface area contributed by atoms with Crippen LogP contribution in [0.4, 0.5) is 5.13 Å². The third kappa shape index (κ3) is 7.12. The molecule has 27 heavy (non-hydrogen) atoms. The number of nitrogens with one attached hydrogen (secondary N) is 1. The van der Waals surface area contributed by atoms with E-state index >= 15 is 0 Å². The van der Waals surface area contributed by atoms with Crippen LogP contribution in [0.25, 0.3) is 0 Å². The minimum atomic E-state index is -0.166. The van der Waals surface area contributed by atoms with Crippen LogP contribution in [0.2, 0.25) is 0 Å². The topological polar surface area (TPSA) is 85.8 Å². The Morgan fingerprint density at radius 3 is 2.89 bits per heavy atom. The molecule has 0 spiro atoms. The highest BCUT2D eigenvalue weighted by Gasteiger charge is 2.15. The van der Waals surface area contributed by atoms with Gasteiger partial charge >= 0.3 is 0 Å². The normalized spacial score (nSPS) is 10.6. The maximum atomic E-state index is 11.8. The van der Waals surface area contributed by atoms with Crippen molar-refractivity contribution >= 4 is 22.6 Å². The third-order valence-corrected chi connectivity index (χ3v) is 4.54. The van der Waals surface area contributed by atoms with Crippen molar-refractivity contribution < 1.29 is 19.1 Å². The van der Waals surface area contributed by atoms with Crippen molar-refractivity contribution in [1.82, 2.24) is 14.8 Å². The number of methoxy groups -OCH3 is 2. The average molecular weight is 394 g/mol. The molecule has 0 unspecified atom stereocenters. The van der Waals surface area contributed by atoms with Gasteiger partial charge in [0.05, 0.1) is 20.3 Å². The van der Waals surface area contributed by atoms with Crippen LogP contribution in [0.1, 0.15) is 24.7 Å². The van der Waals surface area contributed by atoms with Gasteiger partial charge in [0.2, 0.25) is 11.0 Å². The van der Waals surface area contributed by atoms with Crippen molar-refractivity contribution in [2.24, 2.45) is 0 Å². The molecular formula is C18H26N4O4S. The smallest absolute Gasteiger partial charge is 0.245 e. The first kappa shape index (κ1) is 21.1. The van der Waals surface area contributed by atoms with Gasteiger partial charge in [-0.1, -0.05) is 12.1 Å². The molecule has 8 nitrogen and oxygen atoms in total. The highest BCUT2D eigenvalue weighted by atomic mass is 32.1. The van der Waals surface area contributed by atoms with E-state index in [1.54, 1.807) is 14.2 Å². The summed E-state index contributed by atoms with van der Waals surface area (Å²) < 4.78 is 14.9. The lowest BCUT2D eigenvalue weighted by Crippen LogP contribution is -2.33. The Balaban J connectivity index is 2.00. The number of hydrogen-bond acceptors (Lipinski definition) is 8. The van der Waals surface area contributed by atoms with Crippen LogP contribution in [0.3, 0.4) is 0 Å². The zero-order valence-corrected chi connectivity index (χ0v) is 16.8. The SMILES string of the molecule is CCONC(=O)CCN(CCOC)c1nc(Cc2cccc(OC)c2)ns1. The van der Waals surface area contributed by atoms with Crippen molar-refractivity contribution in [2.75, 3.05) is 45.4 Å². The van der Waals surface area contributed by atoms with Crippen molar-refractivity contribution in [1.29, 1.82) is 0 Å². The molecule has 0 aliphatic heterocycles. The molecule has 9 heteroatoms. The van der Waals surface area contributed by atoms with Gasteiger partial charge in [-0.25, -0.2) is 10.5 Å². The van der Waals surface area contributed by atoms with Gasteiger partial charge in [0.15, 0.2) is 0 Å². The summed E-state index contributed by atoms with van der Waals surface area (Å²) in [6.45, 7) is 3.93. The first-order chi connectivity index (χ1) is 13.2. The Morgan fingerprint density at radius 2 is 2.15 bits per heavy atom. The molecular weight excluding hydrogens is 368 g/mol. The predicted octanol–water partition coefficient (Wildman–Crippen LogP) is 2.05. The molecule has 0 atom stereocenters. The fourth-order valence-corrected chi connectivity index (χ4v) is 3.09. The fourth-order valence-electron chi connectivity index (χ4n) is 2.35. The molecule has 0 saturated heterocycles. The maximum Gasteiger partial charge on any atom is 0.245 e. The van der Waals surface area contributed by atoms with Crippen LogP contribution in [0, 0.1) is 0 Å². The molecule has 0 fully saturated rings. The molecule has 1 aromatic carbocycles. The minimum absolute atomic E-state index is 0.166. The Bertz CT molecular complexity index is 710. The summed E-state index contributed by atoms with van der Waals surface area (Å²) in [7, 11) is 3.29. The zero-order chi connectivity index (χ0) is 19.5. The number of amides is 1. The molecule has 0 aliphatic carbocycles. The molecule has 0 bridgehead atoms. The molecule has 1 amide bonds. The molecule has 0 aliphatic rings. The van der Waals surface area contributed by atoms with Gasteiger partial charge in [-0.3, -0.25) is 9.63 Å². The Hall–Kier alpha value is -2.23. The van der Waals surface area contributed by atoms with Crippen molar-refractivity contribution in [3.63, 3.8) is 0 Å². The summed E-state index contributed by atoms with van der Waals surface area (Å²) in [5.41, 5.74) is 3.48. The van der Waals surface area contributed by atoms with Gasteiger partial charge in [0, 0.05) is 44.6 Å². The number of nitrogens with zero attached hydrogens (tertiary/aromatic N) is 3. The van der Waals surface area contributed by atoms with E-state index in [1.165, 1.54) is 11.5 Å². The van der Waals surface area contributed by atoms with Gasteiger partial charge in [0.25, 0.3) is 0 Å². The van der Waals surface area contributed by atoms with Gasteiger partial charge < -0.3 is 14.4 Å². The quantitative estimate of drug-likeness (QED) is 0.551. The van der Waals surface area contributed by atoms with Crippen LogP contribution in [0.5, 0.6) is 5.75 Å². The number of aromatic nitrogens is 2. The lowest BCUT2D eigenvalue weighted by molar-refractivity contribution is -0.132. The lowest BCUT2D eigenvalue weighted by atomic mass is 10.1. The Labute approximate surface area is 163 Å². The number of anilines is 1. The predicted molar refractivity (Wildman–Crippen MR) is 104 cm³/mol. The number of benzene rings is 1. The van der Waals surface area contributed by atoms with Crippen LogP contribution < -0.4 is 15.1 Å². The maximum absolute atomic E-state index is 11.8. The molecule has 0 radical (unpaired) electrons. The van der Waals surface area contributed by atoms with Crippen molar-refractivity contribution in [3.05, 3.63) is 35.7 Å². The number of rotatable bonds is 12. The third-order valence-electron chi connectivity index (χ3n) is 3.73. The van der Waals surface area contributed by atoms with Crippen molar-refractivity contribution in [2.45, 2.75) is 19.8 Å². The van der Waals surface area contributed by atoms with E-state index in [2.05, 4.69) is 14.8 Å². The summed E-state index contributed by atoms with van der Waals surface area (Å²) in [4.78, 5) is 23.3. The molecule has 1 aromatic heterocycles. The Morgan fingerprint density at radius 1 is 1.30 bits per heavy atom. The second kappa shape index (κ2) is 11.5. The molecule has 1 heterocycles. The summed E-state index contributed by atoms with van der Waals surface area (Å²) in [6, 6.07) is 7.85. The monoisotopic (exact) mass is 394 g/mol. The van der Waals surface area contributed by atoms with E-state index < -0.39 is 0 Å². The van der Waals surface area contributed by atoms with E-state index in [-0.39, 0.29) is 5.91 Å². The summed E-state index contributed by atoms with van der Waals surface area (Å²) in [5.74, 6) is 1.38. The number of carbonyl (C=O) groups is 1. The van der Waals surface area contributed by atoms with E-state index in [9.17, 15) is 4.79 Å². The molecule has 2 rings (SSSR count). The second-order valence-electron chi connectivity index (χ2n) is 5.71. The molecule has 1 N–H and O–H groups in total. The van der Waals surface area contributed by atoms with Gasteiger partial charge in [-0.15, -0.1) is 0 Å². The van der Waals surface area contributed by atoms with Crippen LogP contribution in [-0.4, -0.2) is 55.8 Å². The van der Waals surface area contributed by atoms with Gasteiger partial charge in [-0.2, -0.15) is 4.37 Å². The second-order valence-corrected chi connectivity index (χ2v) is 6.44. The van der Waals surface area contributed by atoms with Gasteiger partial charge in [-0.05, 0) is 24.6 Å². The summed E-state index contributed by atoms with van der Waals surface area (Å²) >= 11 is 1.32. The minimum Gasteiger partial charge on any atom is -0.497 e. The van der Waals surface area contributed by atoms with Crippen LogP contribution in [-0.2, 0) is 20.8 Å². The van der Waals surface area contributed by atoms with E-state index in [1.807, 2.05) is 36.1 Å². The fraction of sp³-hybridized carbons (Fsp3) is 0.500. The number of hydrogen-bond donors (Lipinski definition) is 1. The zero-order valence-electron chi connectivity index (χ0n) is 15.9. The standard InChI is InChI=1S/C18H26N4O4S/c1-4-26-20-17(23)8-9-22(10-11-24-2)18-19-16(21-27-18)13-14-6-5-7-15(12-14)25-3/h5-7,12H,4,8-11,13H2,1-3H3,(H,20,23). The first-order valence-electron chi connectivity index (χ1n) is 8.76. The van der Waals surface area contributed by atoms with Crippen molar-refractivity contribution in [3.8, 4) is 5.75 Å². The van der Waals surface area contributed by atoms with E-state index in [0.717, 1.165) is 22.3 Å². The summed E-state index contributed by atoms with van der Waals surface area (Å²) in [5, 5.41) is 0.772. The first-order valence-corrected chi connectivity index (χ1v) is 9.53. The molecule has 0 saturated carbocycles. The van der Waals surface area contributed by atoms with Crippen LogP contribution in [0.15, 0.2) is 24.3 Å². The highest BCUT2D eigenvalue weighted by molar-refractivity contribution is 7.09. The van der Waals surface area contributed by atoms with Gasteiger partial charge in [0.1, 0.15) is 11.6 Å². The van der Waals surface area contributed by atoms with E-state index in [4.69, 9.17) is 14.3 Å².